The highest BCUT2D eigenvalue weighted by Gasteiger charge is 2.56. The predicted octanol–water partition coefficient (Wildman–Crippen LogP) is 27.0. The Morgan fingerprint density at radius 2 is 0.734 bits per heavy atom. The largest absolute Gasteiger partial charge is 0.508 e. The van der Waals surface area contributed by atoms with Crippen molar-refractivity contribution in [2.75, 3.05) is 0 Å². The first-order valence-electron chi connectivity index (χ1n) is 33.1. The normalized spacial score (nSPS) is 11.9. The summed E-state index contributed by atoms with van der Waals surface area (Å²) >= 11 is 0. The van der Waals surface area contributed by atoms with Crippen LogP contribution in [0.5, 0.6) is 5.75 Å². The van der Waals surface area contributed by atoms with Crippen LogP contribution in [0, 0.1) is 18.8 Å². The quantitative estimate of drug-likeness (QED) is 0.0647. The van der Waals surface area contributed by atoms with Gasteiger partial charge in [-0.1, -0.05) is 340 Å². The molecule has 4 nitrogen and oxygen atoms in total. The third-order valence-electron chi connectivity index (χ3n) is 12.4. The first-order valence-corrected chi connectivity index (χ1v) is 33.1. The third-order valence-corrected chi connectivity index (χ3v) is 12.4. The molecule has 0 aliphatic heterocycles. The van der Waals surface area contributed by atoms with E-state index >= 15 is 0 Å². The van der Waals surface area contributed by atoms with Crippen molar-refractivity contribution in [2.45, 2.75) is 220 Å². The molecule has 6 rings (SSSR count). The predicted molar refractivity (Wildman–Crippen MR) is 392 cm³/mol. The molecule has 0 aromatic heterocycles. The van der Waals surface area contributed by atoms with E-state index in [-0.39, 0.29) is 34.4 Å². The number of hydrogen-bond donors (Lipinski definition) is 2. The van der Waals surface area contributed by atoms with Gasteiger partial charge in [0.2, 0.25) is 0 Å². The number of phenolic OH excluding ortho intramolecular Hbond substituents is 1. The molecule has 13 heteroatoms. The average Bonchev–Trinajstić information content (AvgIpc) is 0.785. The highest BCUT2D eigenvalue weighted by atomic mass is 19.4. The minimum Gasteiger partial charge on any atom is -0.508 e. The van der Waals surface area contributed by atoms with Gasteiger partial charge in [-0.05, 0) is 73.9 Å². The van der Waals surface area contributed by atoms with Gasteiger partial charge in [-0.15, -0.1) is 19.7 Å². The summed E-state index contributed by atoms with van der Waals surface area (Å²) in [5, 5.41) is 19.1. The SMILES string of the molecule is C=CC(O)C(C)/C=C/C(C)(c1ccc(O)c(C)c1)C(F)(F)F.C=CCC(C=C)C(C)(c1ccccc1)C(F)(F)F.CC.CC.CC.CC.CC.CC.CC.CC.CC.CC.CC(c1ccccc1)(c1ccccc1)C(F)(F)F.O=Cc1ccccc1.O=Cc1ccccc1. The van der Waals surface area contributed by atoms with E-state index in [1.54, 1.807) is 92.7 Å². The molecule has 94 heavy (non-hydrogen) atoms. The van der Waals surface area contributed by atoms with E-state index in [0.29, 0.717) is 5.56 Å². The monoisotopic (exact) mass is 1330 g/mol. The van der Waals surface area contributed by atoms with Gasteiger partial charge in [0.05, 0.1) is 11.5 Å². The fourth-order valence-corrected chi connectivity index (χ4v) is 7.23. The summed E-state index contributed by atoms with van der Waals surface area (Å²) in [7, 11) is 0. The van der Waals surface area contributed by atoms with E-state index in [1.165, 1.54) is 92.7 Å². The Bertz CT molecular complexity index is 2560. The molecule has 0 fully saturated rings. The van der Waals surface area contributed by atoms with E-state index in [9.17, 15) is 59.3 Å². The lowest BCUT2D eigenvalue weighted by Crippen LogP contribution is -2.45. The summed E-state index contributed by atoms with van der Waals surface area (Å²) in [6.07, 6.45) is -5.65. The van der Waals surface area contributed by atoms with Gasteiger partial charge in [-0.3, -0.25) is 9.59 Å². The van der Waals surface area contributed by atoms with Crippen molar-refractivity contribution in [2.24, 2.45) is 11.8 Å². The summed E-state index contributed by atoms with van der Waals surface area (Å²) in [6.45, 7) is 57.1. The Kier molecular flexibility index (Phi) is 72.4. The number of aryl methyl sites for hydroxylation is 1. The van der Waals surface area contributed by atoms with Gasteiger partial charge < -0.3 is 10.2 Å². The number of carbonyl (C=O) groups is 2. The number of rotatable bonds is 14. The second-order valence-electron chi connectivity index (χ2n) is 17.5. The Hall–Kier alpha value is -7.25. The number of aldehydes is 2. The van der Waals surface area contributed by atoms with Gasteiger partial charge in [0.15, 0.2) is 0 Å². The highest BCUT2D eigenvalue weighted by Crippen LogP contribution is 2.49. The molecule has 0 amide bonds. The van der Waals surface area contributed by atoms with Crippen LogP contribution in [0.15, 0.2) is 220 Å². The molecular formula is C81H123F9O4. The maximum atomic E-state index is 13.6. The molecule has 5 unspecified atom stereocenters. The molecule has 0 aliphatic rings. The van der Waals surface area contributed by atoms with E-state index in [2.05, 4.69) is 19.7 Å². The second-order valence-corrected chi connectivity index (χ2v) is 17.5. The van der Waals surface area contributed by atoms with Gasteiger partial charge in [0.1, 0.15) is 29.2 Å². The number of alkyl halides is 9. The zero-order valence-corrected chi connectivity index (χ0v) is 61.9. The average molecular weight is 1330 g/mol. The number of benzene rings is 6. The van der Waals surface area contributed by atoms with Gasteiger partial charge >= 0.3 is 18.5 Å². The summed E-state index contributed by atoms with van der Waals surface area (Å²) in [4.78, 5) is 20.0. The van der Waals surface area contributed by atoms with Gasteiger partial charge in [-0.25, -0.2) is 0 Å². The molecule has 0 bridgehead atoms. The molecule has 0 heterocycles. The van der Waals surface area contributed by atoms with Crippen molar-refractivity contribution in [1.29, 1.82) is 0 Å². The van der Waals surface area contributed by atoms with Crippen LogP contribution in [0.3, 0.4) is 0 Å². The number of carbonyl (C=O) groups excluding carboxylic acids is 2. The minimum absolute atomic E-state index is 0.0341. The maximum absolute atomic E-state index is 13.6. The summed E-state index contributed by atoms with van der Waals surface area (Å²) < 4.78 is 122. The number of aliphatic hydroxyl groups excluding tert-OH is 1. The van der Waals surface area contributed by atoms with Crippen LogP contribution in [0.25, 0.3) is 0 Å². The van der Waals surface area contributed by atoms with Crippen molar-refractivity contribution >= 4 is 12.6 Å². The second kappa shape index (κ2) is 64.5. The smallest absolute Gasteiger partial charge is 0.402 e. The Labute approximate surface area is 566 Å². The Morgan fingerprint density at radius 3 is 0.968 bits per heavy atom. The van der Waals surface area contributed by atoms with Gasteiger partial charge in [0, 0.05) is 17.0 Å². The molecule has 534 valence electrons. The lowest BCUT2D eigenvalue weighted by Gasteiger charge is -2.38. The Balaban J connectivity index is -0.000000132. The summed E-state index contributed by atoms with van der Waals surface area (Å²) in [5.41, 5.74) is -3.50. The fraction of sp³-hybridized carbons (Fsp3) is 0.432. The molecule has 0 spiro atoms. The molecule has 0 aliphatic carbocycles. The van der Waals surface area contributed by atoms with Gasteiger partial charge in [0.25, 0.3) is 0 Å². The number of allylic oxidation sites excluding steroid dienone is 3. The van der Waals surface area contributed by atoms with Crippen LogP contribution in [0.2, 0.25) is 0 Å². The lowest BCUT2D eigenvalue weighted by atomic mass is 9.70. The number of aliphatic hydroxyl groups is 1. The number of aromatic hydroxyl groups is 1. The van der Waals surface area contributed by atoms with Crippen molar-refractivity contribution in [3.63, 3.8) is 0 Å². The molecule has 0 saturated carbocycles. The molecule has 5 atom stereocenters. The van der Waals surface area contributed by atoms with Crippen LogP contribution < -0.4 is 0 Å². The van der Waals surface area contributed by atoms with Crippen LogP contribution in [0.4, 0.5) is 39.5 Å². The molecule has 2 N–H and O–H groups in total. The first kappa shape index (κ1) is 106. The van der Waals surface area contributed by atoms with Crippen molar-refractivity contribution < 1.29 is 59.3 Å². The number of hydrogen-bond acceptors (Lipinski definition) is 4. The van der Waals surface area contributed by atoms with E-state index < -0.39 is 52.7 Å². The fourth-order valence-electron chi connectivity index (χ4n) is 7.23. The topological polar surface area (TPSA) is 74.6 Å². The summed E-state index contributed by atoms with van der Waals surface area (Å²) in [6, 6.07) is 46.0. The molecule has 6 aromatic rings. The first-order chi connectivity index (χ1) is 44.7. The summed E-state index contributed by atoms with van der Waals surface area (Å²) in [5.74, 6) is -1.26. The third kappa shape index (κ3) is 38.8. The van der Waals surface area contributed by atoms with Crippen molar-refractivity contribution in [3.05, 3.63) is 259 Å². The van der Waals surface area contributed by atoms with Crippen molar-refractivity contribution in [3.8, 4) is 5.75 Å². The van der Waals surface area contributed by atoms with Crippen LogP contribution in [0.1, 0.15) is 221 Å². The minimum atomic E-state index is -4.51. The molecule has 0 saturated heterocycles. The van der Waals surface area contributed by atoms with Crippen molar-refractivity contribution in [1.82, 2.24) is 0 Å². The maximum Gasteiger partial charge on any atom is 0.402 e. The Morgan fingerprint density at radius 1 is 0.426 bits per heavy atom. The number of halogens is 9. The van der Waals surface area contributed by atoms with Crippen LogP contribution >= 0.6 is 0 Å². The van der Waals surface area contributed by atoms with Crippen LogP contribution in [-0.4, -0.2) is 47.4 Å². The molecular weight excluding hydrogens is 1210 g/mol. The van der Waals surface area contributed by atoms with Gasteiger partial charge in [-0.2, -0.15) is 39.5 Å². The standard InChI is InChI=1S/C17H21F3O2.C15H13F3.C15H17F3.2C7H6O.10C2H6/c1-5-14(21)11(2)8-9-16(4,17(18,19)20)13-6-7-15(22)12(3)10-13;1-14(15(16,17)18,12-8-4-2-5-9-12)13-10-6-3-7-11-13;1-4-9-12(5-2)14(3,15(16,17)18)13-10-7-6-8-11-13;2*8-6-7-4-2-1-3-5-7;10*1-2/h5-11,14,21-22H,1H2,2-4H3;2-11H,1H3;4-8,10-12H,1-2,9H2,3H3;2*1-6H;10*1-2H3/b9-8+;;;;;;;;;;;;;;. The zero-order chi connectivity index (χ0) is 75.8. The van der Waals surface area contributed by atoms with Crippen LogP contribution in [-0.2, 0) is 16.2 Å². The molecule has 6 aromatic carbocycles. The molecule has 0 radical (unpaired) electrons. The number of phenols is 1. The zero-order valence-electron chi connectivity index (χ0n) is 61.9. The van der Waals surface area contributed by atoms with E-state index in [1.807, 2.05) is 175 Å². The highest BCUT2D eigenvalue weighted by molar-refractivity contribution is 5.74. The van der Waals surface area contributed by atoms with E-state index in [0.717, 1.165) is 36.7 Å². The lowest BCUT2D eigenvalue weighted by molar-refractivity contribution is -0.196. The van der Waals surface area contributed by atoms with E-state index in [4.69, 9.17) is 0 Å².